The van der Waals surface area contributed by atoms with Crippen molar-refractivity contribution >= 4 is 62.9 Å². The molecule has 0 fully saturated rings. The zero-order chi connectivity index (χ0) is 23.8. The number of alkyl halides is 4. The van der Waals surface area contributed by atoms with E-state index in [1.54, 1.807) is 0 Å². The van der Waals surface area contributed by atoms with Crippen LogP contribution in [0.25, 0.3) is 0 Å². The van der Waals surface area contributed by atoms with Crippen molar-refractivity contribution in [3.05, 3.63) is 47.6 Å². The summed E-state index contributed by atoms with van der Waals surface area (Å²) in [5.41, 5.74) is 2.83. The first-order valence-corrected chi connectivity index (χ1v) is 14.2. The van der Waals surface area contributed by atoms with Crippen molar-refractivity contribution in [3.63, 3.8) is 0 Å². The van der Waals surface area contributed by atoms with E-state index in [0.717, 1.165) is 12.8 Å². The molecule has 1 unspecified atom stereocenters. The Labute approximate surface area is 240 Å². The van der Waals surface area contributed by atoms with Crippen molar-refractivity contribution in [2.45, 2.75) is 73.5 Å². The molecular weight excluding hydrogens is 681 g/mol. The molecule has 32 heavy (non-hydrogen) atoms. The van der Waals surface area contributed by atoms with E-state index in [1.807, 2.05) is 0 Å². The third-order valence-electron chi connectivity index (χ3n) is 4.06. The molecule has 1 atom stereocenters. The molecule has 0 N–H and O–H groups in total. The molecule has 10 heteroatoms. The Morgan fingerprint density at radius 1 is 1.03 bits per heavy atom. The van der Waals surface area contributed by atoms with Crippen molar-refractivity contribution in [2.75, 3.05) is 14.2 Å². The van der Waals surface area contributed by atoms with E-state index in [-0.39, 0.29) is 26.2 Å². The number of phosphoric ester groups is 1. The monoisotopic (exact) mass is 710 g/mol. The van der Waals surface area contributed by atoms with Crippen LogP contribution in [0.5, 0.6) is 0 Å². The summed E-state index contributed by atoms with van der Waals surface area (Å²) >= 11 is 17.0. The molecule has 0 saturated heterocycles. The van der Waals surface area contributed by atoms with Gasteiger partial charge in [-0.3, -0.25) is 25.7 Å². The van der Waals surface area contributed by atoms with Crippen LogP contribution in [-0.4, -0.2) is 22.5 Å². The normalized spacial score (nSPS) is 15.6. The Hall–Kier alpha value is 1.49. The van der Waals surface area contributed by atoms with Crippen LogP contribution < -0.4 is 0 Å². The SMILES string of the molecule is CCCCC1=[C-]CC=C1.CCCCC1=[C-]CC=C1.COP(=O)(OC)OC(Br)C(Cl)(Cl)Br.[Zr+2]. The Morgan fingerprint density at radius 2 is 1.44 bits per heavy atom. The second-order valence-electron chi connectivity index (χ2n) is 6.60. The van der Waals surface area contributed by atoms with Gasteiger partial charge in [0.1, 0.15) is 0 Å². The van der Waals surface area contributed by atoms with Gasteiger partial charge in [0.25, 0.3) is 0 Å². The molecule has 0 spiro atoms. The first-order chi connectivity index (χ1) is 14.6. The smallest absolute Gasteiger partial charge is 0.290 e. The summed E-state index contributed by atoms with van der Waals surface area (Å²) in [6.07, 6.45) is 25.1. The predicted molar refractivity (Wildman–Crippen MR) is 139 cm³/mol. The summed E-state index contributed by atoms with van der Waals surface area (Å²) < 4.78 is 23.8. The summed E-state index contributed by atoms with van der Waals surface area (Å²) in [4.78, 5) is 0. The molecule has 4 nitrogen and oxygen atoms in total. The van der Waals surface area contributed by atoms with Crippen molar-refractivity contribution in [3.8, 4) is 0 Å². The summed E-state index contributed by atoms with van der Waals surface area (Å²) in [5.74, 6) is 0. The molecule has 0 heterocycles. The average molecular weight is 714 g/mol. The zero-order valence-corrected chi connectivity index (χ0v) is 27.2. The van der Waals surface area contributed by atoms with Crippen LogP contribution >= 0.6 is 62.9 Å². The number of rotatable bonds is 11. The minimum atomic E-state index is -3.58. The maximum absolute atomic E-state index is 11.4. The van der Waals surface area contributed by atoms with Gasteiger partial charge >= 0.3 is 34.0 Å². The van der Waals surface area contributed by atoms with Crippen molar-refractivity contribution in [1.29, 1.82) is 0 Å². The molecule has 0 bridgehead atoms. The van der Waals surface area contributed by atoms with E-state index in [9.17, 15) is 4.57 Å². The van der Waals surface area contributed by atoms with Crippen LogP contribution in [0.1, 0.15) is 65.2 Å². The largest absolute Gasteiger partial charge is 2.00 e. The fraction of sp³-hybridized carbons (Fsp3) is 0.636. The van der Waals surface area contributed by atoms with Gasteiger partial charge < -0.3 is 0 Å². The standard InChI is InChI=1S/2C9H13.C4H7Br2Cl2O4P.Zr/c2*1-2-3-6-9-7-4-5-8-9;1-10-13(9,11-2)12-3(5)4(6,7)8;/h2*4,7H,2-3,5-6H2,1H3;3H,1-2H3;/q2*-1;;+2. The Balaban J connectivity index is 0. The molecule has 0 aliphatic heterocycles. The van der Waals surface area contributed by atoms with E-state index in [2.05, 4.69) is 91.2 Å². The molecule has 2 aliphatic rings. The van der Waals surface area contributed by atoms with Crippen LogP contribution in [-0.2, 0) is 44.3 Å². The molecule has 0 radical (unpaired) electrons. The second kappa shape index (κ2) is 20.7. The third kappa shape index (κ3) is 17.9. The van der Waals surface area contributed by atoms with Crippen molar-refractivity contribution in [1.82, 2.24) is 0 Å². The van der Waals surface area contributed by atoms with E-state index < -0.39 is 16.1 Å². The molecule has 0 amide bonds. The van der Waals surface area contributed by atoms with Gasteiger partial charge in [-0.2, -0.15) is 12.2 Å². The van der Waals surface area contributed by atoms with Crippen LogP contribution in [0.2, 0.25) is 0 Å². The van der Waals surface area contributed by atoms with Gasteiger partial charge in [0.15, 0.2) is 5.01 Å². The Bertz CT molecular complexity index is 623. The minimum Gasteiger partial charge on any atom is -0.290 e. The molecular formula is C22H33Br2Cl2O4PZr. The third-order valence-corrected chi connectivity index (χ3v) is 8.54. The summed E-state index contributed by atoms with van der Waals surface area (Å²) in [6, 6.07) is 0. The van der Waals surface area contributed by atoms with Gasteiger partial charge in [-0.1, -0.05) is 91.5 Å². The molecule has 2 aliphatic carbocycles. The molecule has 182 valence electrons. The van der Waals surface area contributed by atoms with Gasteiger partial charge in [-0.15, -0.1) is 12.8 Å². The van der Waals surface area contributed by atoms with E-state index in [0.29, 0.717) is 0 Å². The zero-order valence-electron chi connectivity index (χ0n) is 19.1. The maximum Gasteiger partial charge on any atom is 2.00 e. The van der Waals surface area contributed by atoms with Crippen molar-refractivity contribution < 1.29 is 44.3 Å². The number of phosphoric acid groups is 1. The van der Waals surface area contributed by atoms with Gasteiger partial charge in [-0.25, -0.2) is 27.9 Å². The van der Waals surface area contributed by atoms with Crippen LogP contribution in [0, 0.1) is 12.2 Å². The Kier molecular flexibility index (Phi) is 23.0. The number of halogens is 4. The molecule has 0 aromatic carbocycles. The van der Waals surface area contributed by atoms with E-state index >= 15 is 0 Å². The van der Waals surface area contributed by atoms with Gasteiger partial charge in [0.05, 0.1) is 0 Å². The van der Waals surface area contributed by atoms with Gasteiger partial charge in [0, 0.05) is 14.2 Å². The summed E-state index contributed by atoms with van der Waals surface area (Å²) in [7, 11) is -1.21. The second-order valence-corrected chi connectivity index (χ2v) is 12.8. The topological polar surface area (TPSA) is 44.8 Å². The molecule has 0 aromatic heterocycles. The molecule has 2 rings (SSSR count). The number of allylic oxidation sites excluding steroid dienone is 8. The number of unbranched alkanes of at least 4 members (excludes halogenated alkanes) is 2. The molecule has 0 saturated carbocycles. The first kappa shape index (κ1) is 35.7. The minimum absolute atomic E-state index is 0. The van der Waals surface area contributed by atoms with Crippen LogP contribution in [0.4, 0.5) is 0 Å². The van der Waals surface area contributed by atoms with E-state index in [1.165, 1.54) is 63.9 Å². The quantitative estimate of drug-likeness (QED) is 0.122. The number of hydrogen-bond acceptors (Lipinski definition) is 4. The average Bonchev–Trinajstić information content (AvgIpc) is 3.45. The maximum atomic E-state index is 11.4. The Morgan fingerprint density at radius 3 is 1.69 bits per heavy atom. The summed E-state index contributed by atoms with van der Waals surface area (Å²) in [6.45, 7) is 4.44. The van der Waals surface area contributed by atoms with Crippen molar-refractivity contribution in [2.24, 2.45) is 0 Å². The fourth-order valence-electron chi connectivity index (χ4n) is 2.31. The number of hydrogen-bond donors (Lipinski definition) is 0. The fourth-order valence-corrected chi connectivity index (χ4v) is 4.08. The summed E-state index contributed by atoms with van der Waals surface area (Å²) in [5, 5.41) is -0.936. The van der Waals surface area contributed by atoms with Gasteiger partial charge in [-0.05, 0) is 15.9 Å². The van der Waals surface area contributed by atoms with Gasteiger partial charge in [0.2, 0.25) is 3.24 Å². The van der Waals surface area contributed by atoms with Crippen LogP contribution in [0.15, 0.2) is 35.5 Å². The molecule has 0 aromatic rings. The predicted octanol–water partition coefficient (Wildman–Crippen LogP) is 9.38. The van der Waals surface area contributed by atoms with Crippen LogP contribution in [0.3, 0.4) is 0 Å². The first-order valence-electron chi connectivity index (χ1n) is 10.2. The van der Waals surface area contributed by atoms with E-state index in [4.69, 9.17) is 27.7 Å².